The van der Waals surface area contributed by atoms with Crippen LogP contribution >= 0.6 is 0 Å². The molecule has 1 heterocycles. The summed E-state index contributed by atoms with van der Waals surface area (Å²) in [6, 6.07) is 9.95. The summed E-state index contributed by atoms with van der Waals surface area (Å²) in [6.07, 6.45) is 2.13. The summed E-state index contributed by atoms with van der Waals surface area (Å²) in [6.45, 7) is 4.51. The largest absolute Gasteiger partial charge is 0.481 e. The van der Waals surface area contributed by atoms with Crippen LogP contribution in [-0.4, -0.2) is 41.1 Å². The Morgan fingerprint density at radius 2 is 2.05 bits per heavy atom. The Morgan fingerprint density at radius 3 is 2.59 bits per heavy atom. The lowest BCUT2D eigenvalue weighted by Gasteiger charge is -2.24. The number of hydrogen-bond acceptors (Lipinski definition) is 2. The first-order valence-electron chi connectivity index (χ1n) is 7.77. The van der Waals surface area contributed by atoms with Crippen LogP contribution in [0.1, 0.15) is 32.3 Å². The molecule has 2 amide bonds. The predicted octanol–water partition coefficient (Wildman–Crippen LogP) is 2.51. The third-order valence-corrected chi connectivity index (χ3v) is 4.42. The summed E-state index contributed by atoms with van der Waals surface area (Å²) in [4.78, 5) is 25.2. The molecule has 120 valence electrons. The maximum absolute atomic E-state index is 12.3. The number of hydrogen-bond donors (Lipinski definition) is 2. The van der Waals surface area contributed by atoms with Crippen LogP contribution in [0.3, 0.4) is 0 Å². The molecule has 0 radical (unpaired) electrons. The fraction of sp³-hybridized carbons (Fsp3) is 0.529. The van der Waals surface area contributed by atoms with E-state index in [2.05, 4.69) is 5.32 Å². The van der Waals surface area contributed by atoms with Crippen molar-refractivity contribution in [3.8, 4) is 0 Å². The Labute approximate surface area is 131 Å². The summed E-state index contributed by atoms with van der Waals surface area (Å²) < 4.78 is 0. The first-order valence-corrected chi connectivity index (χ1v) is 7.77. The number of carboxylic acid groups (broad SMARTS) is 1. The highest BCUT2D eigenvalue weighted by Crippen LogP contribution is 2.30. The molecule has 5 nitrogen and oxygen atoms in total. The van der Waals surface area contributed by atoms with E-state index in [9.17, 15) is 14.7 Å². The van der Waals surface area contributed by atoms with Crippen LogP contribution in [0.25, 0.3) is 0 Å². The van der Waals surface area contributed by atoms with Crippen LogP contribution in [0.2, 0.25) is 0 Å². The molecule has 1 aromatic rings. The Morgan fingerprint density at radius 1 is 1.36 bits per heavy atom. The minimum atomic E-state index is -0.834. The highest BCUT2D eigenvalue weighted by molar-refractivity contribution is 5.79. The van der Waals surface area contributed by atoms with Gasteiger partial charge >= 0.3 is 12.0 Å². The molecule has 1 aliphatic heterocycles. The minimum absolute atomic E-state index is 0.0617. The van der Waals surface area contributed by atoms with Gasteiger partial charge in [-0.25, -0.2) is 4.79 Å². The number of carbonyl (C=O) groups is 2. The first-order chi connectivity index (χ1) is 10.4. The van der Waals surface area contributed by atoms with E-state index in [1.807, 2.05) is 37.3 Å². The molecular formula is C17H24N2O3. The van der Waals surface area contributed by atoms with Crippen molar-refractivity contribution in [3.63, 3.8) is 0 Å². The molecule has 0 aromatic heterocycles. The van der Waals surface area contributed by atoms with E-state index in [1.54, 1.807) is 11.8 Å². The maximum atomic E-state index is 12.3. The van der Waals surface area contributed by atoms with Gasteiger partial charge in [0, 0.05) is 19.1 Å². The second-order valence-electron chi connectivity index (χ2n) is 6.28. The minimum Gasteiger partial charge on any atom is -0.481 e. The van der Waals surface area contributed by atoms with Crippen molar-refractivity contribution >= 4 is 12.0 Å². The molecule has 0 bridgehead atoms. The molecule has 22 heavy (non-hydrogen) atoms. The number of urea groups is 1. The number of nitrogens with zero attached hydrogens (tertiary/aromatic N) is 1. The number of benzene rings is 1. The van der Waals surface area contributed by atoms with E-state index in [0.717, 1.165) is 12.8 Å². The number of likely N-dealkylation sites (tertiary alicyclic amines) is 1. The Bertz CT molecular complexity index is 532. The average molecular weight is 304 g/mol. The van der Waals surface area contributed by atoms with Gasteiger partial charge in [0.15, 0.2) is 0 Å². The lowest BCUT2D eigenvalue weighted by Crippen LogP contribution is -2.45. The zero-order valence-electron chi connectivity index (χ0n) is 13.2. The zero-order chi connectivity index (χ0) is 16.2. The number of carbonyl (C=O) groups excluding carboxylic acids is 1. The van der Waals surface area contributed by atoms with Gasteiger partial charge in [0.05, 0.1) is 5.41 Å². The summed E-state index contributed by atoms with van der Waals surface area (Å²) in [5, 5.41) is 12.3. The zero-order valence-corrected chi connectivity index (χ0v) is 13.2. The second kappa shape index (κ2) is 6.81. The van der Waals surface area contributed by atoms with Crippen LogP contribution in [-0.2, 0) is 11.2 Å². The summed E-state index contributed by atoms with van der Waals surface area (Å²) in [7, 11) is 0. The van der Waals surface area contributed by atoms with Gasteiger partial charge in [0.2, 0.25) is 0 Å². The summed E-state index contributed by atoms with van der Waals surface area (Å²) in [5.74, 6) is -0.834. The van der Waals surface area contributed by atoms with Crippen molar-refractivity contribution in [1.82, 2.24) is 10.2 Å². The van der Waals surface area contributed by atoms with Crippen molar-refractivity contribution in [2.24, 2.45) is 5.41 Å². The predicted molar refractivity (Wildman–Crippen MR) is 84.7 cm³/mol. The smallest absolute Gasteiger partial charge is 0.317 e. The molecule has 2 atom stereocenters. The molecule has 5 heteroatoms. The lowest BCUT2D eigenvalue weighted by molar-refractivity contribution is -0.146. The van der Waals surface area contributed by atoms with Crippen LogP contribution < -0.4 is 5.32 Å². The van der Waals surface area contributed by atoms with E-state index in [1.165, 1.54) is 5.56 Å². The molecule has 1 saturated heterocycles. The van der Waals surface area contributed by atoms with Crippen LogP contribution in [0.4, 0.5) is 4.79 Å². The first kappa shape index (κ1) is 16.3. The number of carboxylic acids is 1. The van der Waals surface area contributed by atoms with Crippen LogP contribution in [0.5, 0.6) is 0 Å². The van der Waals surface area contributed by atoms with E-state index in [4.69, 9.17) is 0 Å². The fourth-order valence-corrected chi connectivity index (χ4v) is 2.77. The molecule has 0 aliphatic carbocycles. The van der Waals surface area contributed by atoms with E-state index in [0.29, 0.717) is 13.0 Å². The molecule has 0 spiro atoms. The van der Waals surface area contributed by atoms with Crippen LogP contribution in [0.15, 0.2) is 30.3 Å². The molecule has 1 fully saturated rings. The van der Waals surface area contributed by atoms with E-state index in [-0.39, 0.29) is 18.6 Å². The standard InChI is InChI=1S/C17H24N2O3/c1-3-14(11-13-7-5-4-6-8-13)18-16(22)19-10-9-17(2,12-19)15(20)21/h4-8,14H,3,9-12H2,1-2H3,(H,18,22)(H,20,21). The summed E-state index contributed by atoms with van der Waals surface area (Å²) >= 11 is 0. The molecule has 2 rings (SSSR count). The number of rotatable bonds is 5. The Kier molecular flexibility index (Phi) is 5.06. The fourth-order valence-electron chi connectivity index (χ4n) is 2.77. The number of aliphatic carboxylic acids is 1. The molecule has 1 aliphatic rings. The van der Waals surface area contributed by atoms with Crippen molar-refractivity contribution in [3.05, 3.63) is 35.9 Å². The maximum Gasteiger partial charge on any atom is 0.317 e. The molecule has 2 unspecified atom stereocenters. The third-order valence-electron chi connectivity index (χ3n) is 4.42. The Hall–Kier alpha value is -2.04. The van der Waals surface area contributed by atoms with Gasteiger partial charge in [-0.2, -0.15) is 0 Å². The SMILES string of the molecule is CCC(Cc1ccccc1)NC(=O)N1CCC(C)(C(=O)O)C1. The van der Waals surface area contributed by atoms with Crippen molar-refractivity contribution in [2.75, 3.05) is 13.1 Å². The van der Waals surface area contributed by atoms with Gasteiger partial charge in [-0.3, -0.25) is 4.79 Å². The number of amides is 2. The van der Waals surface area contributed by atoms with Gasteiger partial charge < -0.3 is 15.3 Å². The van der Waals surface area contributed by atoms with Gasteiger partial charge in [-0.15, -0.1) is 0 Å². The quantitative estimate of drug-likeness (QED) is 0.878. The van der Waals surface area contributed by atoms with Crippen molar-refractivity contribution in [2.45, 2.75) is 39.2 Å². The highest BCUT2D eigenvalue weighted by Gasteiger charge is 2.42. The van der Waals surface area contributed by atoms with E-state index < -0.39 is 11.4 Å². The van der Waals surface area contributed by atoms with Crippen molar-refractivity contribution < 1.29 is 14.7 Å². The Balaban J connectivity index is 1.92. The second-order valence-corrected chi connectivity index (χ2v) is 6.28. The lowest BCUT2D eigenvalue weighted by atomic mass is 9.90. The monoisotopic (exact) mass is 304 g/mol. The van der Waals surface area contributed by atoms with Crippen molar-refractivity contribution in [1.29, 1.82) is 0 Å². The number of nitrogens with one attached hydrogen (secondary N) is 1. The normalized spacial score (nSPS) is 22.4. The highest BCUT2D eigenvalue weighted by atomic mass is 16.4. The summed E-state index contributed by atoms with van der Waals surface area (Å²) in [5.41, 5.74) is 0.366. The van der Waals surface area contributed by atoms with Crippen LogP contribution in [0, 0.1) is 5.41 Å². The van der Waals surface area contributed by atoms with Gasteiger partial charge in [0.25, 0.3) is 0 Å². The molecular weight excluding hydrogens is 280 g/mol. The van der Waals surface area contributed by atoms with Gasteiger partial charge in [0.1, 0.15) is 0 Å². The average Bonchev–Trinajstić information content (AvgIpc) is 2.91. The van der Waals surface area contributed by atoms with E-state index >= 15 is 0 Å². The topological polar surface area (TPSA) is 69.6 Å². The van der Waals surface area contributed by atoms with Gasteiger partial charge in [-0.1, -0.05) is 37.3 Å². The third kappa shape index (κ3) is 3.78. The molecule has 0 saturated carbocycles. The molecule has 2 N–H and O–H groups in total. The molecule has 1 aromatic carbocycles. The van der Waals surface area contributed by atoms with Gasteiger partial charge in [-0.05, 0) is 31.7 Å².